The molecule has 2 fully saturated rings. The molecular weight excluding hydrogens is 200 g/mol. The van der Waals surface area contributed by atoms with E-state index in [1.807, 2.05) is 0 Å². The highest BCUT2D eigenvalue weighted by atomic mass is 16.1. The van der Waals surface area contributed by atoms with Crippen LogP contribution in [0.25, 0.3) is 0 Å². The first-order valence-corrected chi connectivity index (χ1v) is 6.38. The third-order valence-electron chi connectivity index (χ3n) is 4.96. The van der Waals surface area contributed by atoms with E-state index in [1.165, 1.54) is 0 Å². The van der Waals surface area contributed by atoms with Crippen molar-refractivity contribution >= 4 is 5.91 Å². The van der Waals surface area contributed by atoms with Crippen LogP contribution >= 0.6 is 0 Å². The Kier molecular flexibility index (Phi) is 2.77. The van der Waals surface area contributed by atoms with Gasteiger partial charge in [-0.15, -0.1) is 0 Å². The quantitative estimate of drug-likeness (QED) is 0.749. The van der Waals surface area contributed by atoms with Crippen molar-refractivity contribution in [1.82, 2.24) is 10.6 Å². The lowest BCUT2D eigenvalue weighted by molar-refractivity contribution is -0.120. The molecule has 1 aliphatic carbocycles. The van der Waals surface area contributed by atoms with E-state index in [2.05, 4.69) is 38.3 Å². The zero-order chi connectivity index (χ0) is 12.0. The molecular formula is C13H24N2O. The summed E-state index contributed by atoms with van der Waals surface area (Å²) in [5, 5.41) is 6.67. The largest absolute Gasteiger partial charge is 0.356 e. The van der Waals surface area contributed by atoms with Gasteiger partial charge in [-0.2, -0.15) is 0 Å². The summed E-state index contributed by atoms with van der Waals surface area (Å²) >= 11 is 0. The van der Waals surface area contributed by atoms with Gasteiger partial charge in [0.1, 0.15) is 0 Å². The van der Waals surface area contributed by atoms with Gasteiger partial charge < -0.3 is 10.6 Å². The van der Waals surface area contributed by atoms with E-state index >= 15 is 0 Å². The molecule has 1 atom stereocenters. The smallest absolute Gasteiger partial charge is 0.220 e. The van der Waals surface area contributed by atoms with Crippen LogP contribution in [0.15, 0.2) is 0 Å². The summed E-state index contributed by atoms with van der Waals surface area (Å²) in [5.74, 6) is 0.207. The maximum atomic E-state index is 11.2. The van der Waals surface area contributed by atoms with Crippen molar-refractivity contribution in [3.05, 3.63) is 0 Å². The fourth-order valence-electron chi connectivity index (χ4n) is 2.94. The number of carbonyl (C=O) groups excluding carboxylic acids is 1. The topological polar surface area (TPSA) is 41.1 Å². The molecule has 16 heavy (non-hydrogen) atoms. The molecule has 1 amide bonds. The Morgan fingerprint density at radius 2 is 1.81 bits per heavy atom. The second-order valence-corrected chi connectivity index (χ2v) is 6.42. The van der Waals surface area contributed by atoms with E-state index < -0.39 is 0 Å². The van der Waals surface area contributed by atoms with Crippen LogP contribution < -0.4 is 10.6 Å². The monoisotopic (exact) mass is 224 g/mol. The molecule has 0 aromatic carbocycles. The van der Waals surface area contributed by atoms with E-state index in [1.54, 1.807) is 0 Å². The van der Waals surface area contributed by atoms with Crippen molar-refractivity contribution in [2.24, 2.45) is 10.8 Å². The van der Waals surface area contributed by atoms with Gasteiger partial charge in [0, 0.05) is 25.0 Å². The summed E-state index contributed by atoms with van der Waals surface area (Å²) in [7, 11) is 0. The number of nitrogens with one attached hydrogen (secondary N) is 2. The molecule has 0 bridgehead atoms. The first-order valence-electron chi connectivity index (χ1n) is 6.38. The van der Waals surface area contributed by atoms with Gasteiger partial charge in [-0.25, -0.2) is 0 Å². The van der Waals surface area contributed by atoms with Gasteiger partial charge in [-0.05, 0) is 23.7 Å². The molecule has 0 radical (unpaired) electrons. The second-order valence-electron chi connectivity index (χ2n) is 6.42. The molecule has 0 aromatic heterocycles. The Balaban J connectivity index is 1.89. The maximum Gasteiger partial charge on any atom is 0.220 e. The highest BCUT2D eigenvalue weighted by molar-refractivity contribution is 5.76. The SMILES string of the molecule is CC1(C)C(NC2CCNC(=O)CC2)C1(C)C. The maximum absolute atomic E-state index is 11.2. The van der Waals surface area contributed by atoms with Gasteiger partial charge in [0.25, 0.3) is 0 Å². The third-order valence-corrected chi connectivity index (χ3v) is 4.96. The molecule has 1 aliphatic heterocycles. The third kappa shape index (κ3) is 1.86. The molecule has 2 aliphatic rings. The second kappa shape index (κ2) is 3.73. The summed E-state index contributed by atoms with van der Waals surface area (Å²) in [5.41, 5.74) is 0.771. The summed E-state index contributed by atoms with van der Waals surface area (Å²) in [6.45, 7) is 10.1. The minimum atomic E-state index is 0.207. The molecule has 1 unspecified atom stereocenters. The first kappa shape index (κ1) is 11.9. The molecule has 3 nitrogen and oxygen atoms in total. The number of amides is 1. The van der Waals surface area contributed by atoms with Crippen LogP contribution in [0.3, 0.4) is 0 Å². The van der Waals surface area contributed by atoms with E-state index in [9.17, 15) is 4.79 Å². The Hall–Kier alpha value is -0.570. The summed E-state index contributed by atoms with van der Waals surface area (Å²) in [4.78, 5) is 11.2. The Bertz CT molecular complexity index is 282. The van der Waals surface area contributed by atoms with Crippen LogP contribution in [-0.2, 0) is 4.79 Å². The molecule has 0 aromatic rings. The Labute approximate surface area is 98.4 Å². The standard InChI is InChI=1S/C13H24N2O/c1-12(2)11(13(12,3)4)15-9-5-6-10(16)14-8-7-9/h9,11,15H,5-8H2,1-4H3,(H,14,16). The van der Waals surface area contributed by atoms with Crippen LogP contribution in [0.4, 0.5) is 0 Å². The zero-order valence-corrected chi connectivity index (χ0v) is 10.9. The fourth-order valence-corrected chi connectivity index (χ4v) is 2.94. The molecule has 1 heterocycles. The van der Waals surface area contributed by atoms with Gasteiger partial charge in [0.15, 0.2) is 0 Å². The zero-order valence-electron chi connectivity index (χ0n) is 10.9. The van der Waals surface area contributed by atoms with Crippen LogP contribution in [0, 0.1) is 10.8 Å². The van der Waals surface area contributed by atoms with Crippen molar-refractivity contribution < 1.29 is 4.79 Å². The predicted molar refractivity (Wildman–Crippen MR) is 65.1 cm³/mol. The number of rotatable bonds is 2. The lowest BCUT2D eigenvalue weighted by Crippen LogP contribution is -2.34. The van der Waals surface area contributed by atoms with Crippen molar-refractivity contribution in [1.29, 1.82) is 0 Å². The van der Waals surface area contributed by atoms with E-state index in [0.717, 1.165) is 19.4 Å². The van der Waals surface area contributed by atoms with Gasteiger partial charge >= 0.3 is 0 Å². The van der Waals surface area contributed by atoms with Crippen molar-refractivity contribution in [3.8, 4) is 0 Å². The highest BCUT2D eigenvalue weighted by Crippen LogP contribution is 2.62. The van der Waals surface area contributed by atoms with E-state index in [4.69, 9.17) is 0 Å². The minimum Gasteiger partial charge on any atom is -0.356 e. The summed E-state index contributed by atoms with van der Waals surface area (Å²) in [6.07, 6.45) is 2.72. The number of hydrogen-bond donors (Lipinski definition) is 2. The van der Waals surface area contributed by atoms with Gasteiger partial charge in [0.05, 0.1) is 0 Å². The Morgan fingerprint density at radius 1 is 1.19 bits per heavy atom. The molecule has 0 spiro atoms. The molecule has 2 rings (SSSR count). The Morgan fingerprint density at radius 3 is 2.38 bits per heavy atom. The fraction of sp³-hybridized carbons (Fsp3) is 0.923. The minimum absolute atomic E-state index is 0.207. The van der Waals surface area contributed by atoms with Crippen molar-refractivity contribution in [3.63, 3.8) is 0 Å². The van der Waals surface area contributed by atoms with Crippen LogP contribution in [0.2, 0.25) is 0 Å². The average Bonchev–Trinajstić information content (AvgIpc) is 2.67. The summed E-state index contributed by atoms with van der Waals surface area (Å²) in [6, 6.07) is 1.10. The number of carbonyl (C=O) groups is 1. The summed E-state index contributed by atoms with van der Waals surface area (Å²) < 4.78 is 0. The van der Waals surface area contributed by atoms with Crippen LogP contribution in [0.1, 0.15) is 47.0 Å². The van der Waals surface area contributed by atoms with Crippen molar-refractivity contribution in [2.45, 2.75) is 59.0 Å². The van der Waals surface area contributed by atoms with Crippen LogP contribution in [-0.4, -0.2) is 24.5 Å². The molecule has 1 saturated carbocycles. The lowest BCUT2D eigenvalue weighted by atomic mass is 10.0. The van der Waals surface area contributed by atoms with Crippen molar-refractivity contribution in [2.75, 3.05) is 6.54 Å². The molecule has 92 valence electrons. The van der Waals surface area contributed by atoms with Crippen LogP contribution in [0.5, 0.6) is 0 Å². The van der Waals surface area contributed by atoms with E-state index in [-0.39, 0.29) is 5.91 Å². The lowest BCUT2D eigenvalue weighted by Gasteiger charge is -2.17. The van der Waals surface area contributed by atoms with Gasteiger partial charge in [0.2, 0.25) is 5.91 Å². The first-order chi connectivity index (χ1) is 7.35. The number of hydrogen-bond acceptors (Lipinski definition) is 2. The highest BCUT2D eigenvalue weighted by Gasteiger charge is 2.64. The molecule has 3 heteroatoms. The molecule has 2 N–H and O–H groups in total. The van der Waals surface area contributed by atoms with E-state index in [0.29, 0.717) is 29.3 Å². The average molecular weight is 224 g/mol. The van der Waals surface area contributed by atoms with Gasteiger partial charge in [-0.1, -0.05) is 27.7 Å². The molecule has 1 saturated heterocycles. The van der Waals surface area contributed by atoms with Gasteiger partial charge in [-0.3, -0.25) is 4.79 Å². The predicted octanol–water partition coefficient (Wildman–Crippen LogP) is 1.68. The normalized spacial score (nSPS) is 33.0.